The van der Waals surface area contributed by atoms with E-state index in [1.54, 1.807) is 32.4 Å². The molecule has 1 amide bonds. The van der Waals surface area contributed by atoms with Crippen LogP contribution in [0, 0.1) is 0 Å². The highest BCUT2D eigenvalue weighted by atomic mass is 16.5. The quantitative estimate of drug-likeness (QED) is 0.886. The number of para-hydroxylation sites is 1. The third-order valence-corrected chi connectivity index (χ3v) is 4.27. The highest BCUT2D eigenvalue weighted by molar-refractivity contribution is 5.92. The average molecular weight is 326 g/mol. The number of methoxy groups -OCH3 is 2. The zero-order valence-electron chi connectivity index (χ0n) is 14.0. The third-order valence-electron chi connectivity index (χ3n) is 4.27. The van der Waals surface area contributed by atoms with Gasteiger partial charge in [-0.25, -0.2) is 0 Å². The van der Waals surface area contributed by atoms with Gasteiger partial charge in [-0.2, -0.15) is 0 Å². The maximum absolute atomic E-state index is 12.3. The first-order chi connectivity index (χ1) is 11.7. The van der Waals surface area contributed by atoms with Crippen molar-refractivity contribution in [2.75, 3.05) is 37.5 Å². The molecule has 0 bridgehead atoms. The molecule has 3 rings (SSSR count). The topological polar surface area (TPSA) is 50.8 Å². The van der Waals surface area contributed by atoms with Crippen LogP contribution < -0.4 is 19.7 Å². The number of carbonyl (C=O) groups is 1. The maximum Gasteiger partial charge on any atom is 0.226 e. The van der Waals surface area contributed by atoms with E-state index in [0.29, 0.717) is 30.2 Å². The predicted octanol–water partition coefficient (Wildman–Crippen LogP) is 3.10. The molecule has 0 fully saturated rings. The first-order valence-electron chi connectivity index (χ1n) is 8.06. The van der Waals surface area contributed by atoms with Crippen molar-refractivity contribution >= 4 is 17.3 Å². The monoisotopic (exact) mass is 326 g/mol. The van der Waals surface area contributed by atoms with Crippen LogP contribution in [0.5, 0.6) is 11.5 Å². The van der Waals surface area contributed by atoms with Gasteiger partial charge in [0.15, 0.2) is 0 Å². The first kappa shape index (κ1) is 16.2. The van der Waals surface area contributed by atoms with Crippen molar-refractivity contribution in [2.45, 2.75) is 12.8 Å². The van der Waals surface area contributed by atoms with Gasteiger partial charge in [-0.05, 0) is 30.2 Å². The number of nitrogens with zero attached hydrogens (tertiary/aromatic N) is 1. The molecule has 1 N–H and O–H groups in total. The molecular formula is C19H22N2O3. The second-order valence-electron chi connectivity index (χ2n) is 5.73. The lowest BCUT2D eigenvalue weighted by Gasteiger charge is -2.19. The Bertz CT molecular complexity index is 730. The minimum absolute atomic E-state index is 0.0251. The minimum atomic E-state index is -0.0251. The van der Waals surface area contributed by atoms with Crippen molar-refractivity contribution in [3.05, 3.63) is 48.0 Å². The number of hydrogen-bond donors (Lipinski definition) is 1. The number of hydrogen-bond acceptors (Lipinski definition) is 4. The largest absolute Gasteiger partial charge is 0.497 e. The van der Waals surface area contributed by atoms with E-state index in [1.807, 2.05) is 6.07 Å². The molecule has 5 nitrogen and oxygen atoms in total. The molecule has 0 aromatic heterocycles. The summed E-state index contributed by atoms with van der Waals surface area (Å²) in [7, 11) is 3.17. The molecule has 1 heterocycles. The number of rotatable bonds is 6. The zero-order valence-corrected chi connectivity index (χ0v) is 14.0. The van der Waals surface area contributed by atoms with E-state index < -0.39 is 0 Å². The normalized spacial score (nSPS) is 12.7. The van der Waals surface area contributed by atoms with E-state index in [0.717, 1.165) is 13.0 Å². The van der Waals surface area contributed by atoms with Crippen molar-refractivity contribution in [1.29, 1.82) is 0 Å². The number of ether oxygens (including phenoxy) is 2. The lowest BCUT2D eigenvalue weighted by molar-refractivity contribution is -0.116. The summed E-state index contributed by atoms with van der Waals surface area (Å²) < 4.78 is 10.5. The van der Waals surface area contributed by atoms with E-state index in [9.17, 15) is 4.79 Å². The fourth-order valence-electron chi connectivity index (χ4n) is 2.99. The Balaban J connectivity index is 1.59. The highest BCUT2D eigenvalue weighted by Crippen LogP contribution is 2.30. The van der Waals surface area contributed by atoms with Crippen molar-refractivity contribution in [2.24, 2.45) is 0 Å². The van der Waals surface area contributed by atoms with Gasteiger partial charge >= 0.3 is 0 Å². The van der Waals surface area contributed by atoms with E-state index >= 15 is 0 Å². The van der Waals surface area contributed by atoms with E-state index in [4.69, 9.17) is 9.47 Å². The van der Waals surface area contributed by atoms with Gasteiger partial charge in [0.05, 0.1) is 19.9 Å². The van der Waals surface area contributed by atoms with Crippen LogP contribution in [0.1, 0.15) is 12.0 Å². The fraction of sp³-hybridized carbons (Fsp3) is 0.316. The number of anilines is 2. The van der Waals surface area contributed by atoms with Gasteiger partial charge in [0.25, 0.3) is 0 Å². The summed E-state index contributed by atoms with van der Waals surface area (Å²) in [6.45, 7) is 1.68. The zero-order chi connectivity index (χ0) is 16.9. The Hall–Kier alpha value is -2.69. The van der Waals surface area contributed by atoms with E-state index in [1.165, 1.54) is 11.3 Å². The summed E-state index contributed by atoms with van der Waals surface area (Å²) in [6.07, 6.45) is 1.48. The number of benzene rings is 2. The van der Waals surface area contributed by atoms with Crippen LogP contribution in [0.15, 0.2) is 42.5 Å². The lowest BCUT2D eigenvalue weighted by atomic mass is 10.2. The Kier molecular flexibility index (Phi) is 4.89. The molecular weight excluding hydrogens is 304 g/mol. The Morgan fingerprint density at radius 2 is 2.00 bits per heavy atom. The number of fused-ring (bicyclic) bond motifs is 1. The number of amides is 1. The molecule has 0 unspecified atom stereocenters. The van der Waals surface area contributed by atoms with Gasteiger partial charge in [0.1, 0.15) is 11.5 Å². The van der Waals surface area contributed by atoms with Crippen LogP contribution >= 0.6 is 0 Å². The molecule has 0 atom stereocenters. The highest BCUT2D eigenvalue weighted by Gasteiger charge is 2.19. The van der Waals surface area contributed by atoms with Crippen LogP contribution in [0.3, 0.4) is 0 Å². The summed E-state index contributed by atoms with van der Waals surface area (Å²) in [4.78, 5) is 14.5. The van der Waals surface area contributed by atoms with Crippen LogP contribution in [-0.4, -0.2) is 33.2 Å². The predicted molar refractivity (Wildman–Crippen MR) is 95.2 cm³/mol. The molecule has 0 radical (unpaired) electrons. The van der Waals surface area contributed by atoms with Gasteiger partial charge in [-0.3, -0.25) is 4.79 Å². The van der Waals surface area contributed by atoms with Crippen molar-refractivity contribution in [1.82, 2.24) is 0 Å². The van der Waals surface area contributed by atoms with Gasteiger partial charge < -0.3 is 19.7 Å². The molecule has 5 heteroatoms. The Morgan fingerprint density at radius 1 is 1.17 bits per heavy atom. The molecule has 2 aromatic rings. The molecule has 24 heavy (non-hydrogen) atoms. The van der Waals surface area contributed by atoms with Gasteiger partial charge in [-0.1, -0.05) is 18.2 Å². The van der Waals surface area contributed by atoms with E-state index in [2.05, 4.69) is 28.4 Å². The molecule has 0 saturated heterocycles. The van der Waals surface area contributed by atoms with Gasteiger partial charge in [0, 0.05) is 31.3 Å². The summed E-state index contributed by atoms with van der Waals surface area (Å²) in [5.74, 6) is 1.26. The first-order valence-corrected chi connectivity index (χ1v) is 8.06. The van der Waals surface area contributed by atoms with Gasteiger partial charge in [0.2, 0.25) is 5.91 Å². The summed E-state index contributed by atoms with van der Waals surface area (Å²) >= 11 is 0. The number of carbonyl (C=O) groups excluding carboxylic acids is 1. The second-order valence-corrected chi connectivity index (χ2v) is 5.73. The standard InChI is InChI=1S/C19H22N2O3/c1-23-15-7-8-16(18(13-15)24-2)20-19(22)10-12-21-11-9-14-5-3-4-6-17(14)21/h3-8,13H,9-12H2,1-2H3,(H,20,22). The Labute approximate surface area is 142 Å². The van der Waals surface area contributed by atoms with Crippen molar-refractivity contribution in [3.63, 3.8) is 0 Å². The Morgan fingerprint density at radius 3 is 2.79 bits per heavy atom. The minimum Gasteiger partial charge on any atom is -0.497 e. The fourth-order valence-corrected chi connectivity index (χ4v) is 2.99. The second kappa shape index (κ2) is 7.25. The van der Waals surface area contributed by atoms with Gasteiger partial charge in [-0.15, -0.1) is 0 Å². The van der Waals surface area contributed by atoms with E-state index in [-0.39, 0.29) is 5.91 Å². The maximum atomic E-state index is 12.3. The summed E-state index contributed by atoms with van der Waals surface area (Å²) in [5, 5.41) is 2.91. The summed E-state index contributed by atoms with van der Waals surface area (Å²) in [5.41, 5.74) is 3.26. The smallest absolute Gasteiger partial charge is 0.226 e. The van der Waals surface area contributed by atoms with Crippen LogP contribution in [-0.2, 0) is 11.2 Å². The van der Waals surface area contributed by atoms with Crippen LogP contribution in [0.2, 0.25) is 0 Å². The van der Waals surface area contributed by atoms with Crippen LogP contribution in [0.25, 0.3) is 0 Å². The molecule has 0 spiro atoms. The molecule has 126 valence electrons. The molecule has 1 aliphatic heterocycles. The molecule has 2 aromatic carbocycles. The SMILES string of the molecule is COc1ccc(NC(=O)CCN2CCc3ccccc32)c(OC)c1. The lowest BCUT2D eigenvalue weighted by Crippen LogP contribution is -2.26. The number of nitrogens with one attached hydrogen (secondary N) is 1. The van der Waals surface area contributed by atoms with Crippen molar-refractivity contribution < 1.29 is 14.3 Å². The average Bonchev–Trinajstić information content (AvgIpc) is 3.03. The molecule has 0 saturated carbocycles. The molecule has 0 aliphatic carbocycles. The summed E-state index contributed by atoms with van der Waals surface area (Å²) in [6, 6.07) is 13.7. The van der Waals surface area contributed by atoms with Crippen LogP contribution in [0.4, 0.5) is 11.4 Å². The molecule has 1 aliphatic rings. The third kappa shape index (κ3) is 3.45. The van der Waals surface area contributed by atoms with Crippen molar-refractivity contribution in [3.8, 4) is 11.5 Å².